The van der Waals surface area contributed by atoms with Crippen LogP contribution in [0, 0.1) is 6.92 Å². The first-order valence-electron chi connectivity index (χ1n) is 8.50. The maximum absolute atomic E-state index is 12.6. The van der Waals surface area contributed by atoms with Gasteiger partial charge in [0.05, 0.1) is 4.88 Å². The van der Waals surface area contributed by atoms with E-state index in [0.29, 0.717) is 26.2 Å². The van der Waals surface area contributed by atoms with Crippen molar-refractivity contribution in [2.45, 2.75) is 13.3 Å². The molecule has 4 nitrogen and oxygen atoms in total. The molecule has 130 valence electrons. The first-order valence-corrected chi connectivity index (χ1v) is 9.38. The zero-order valence-corrected chi connectivity index (χ0v) is 15.2. The molecule has 0 unspecified atom stereocenters. The topological polar surface area (TPSA) is 40.6 Å². The number of hydrogen-bond donors (Lipinski definition) is 0. The van der Waals surface area contributed by atoms with Crippen LogP contribution in [-0.4, -0.2) is 47.8 Å². The second-order valence-electron chi connectivity index (χ2n) is 6.15. The number of hydrogen-bond acceptors (Lipinski definition) is 3. The molecule has 0 atom stereocenters. The highest BCUT2D eigenvalue weighted by Gasteiger charge is 2.23. The highest BCUT2D eigenvalue weighted by Crippen LogP contribution is 2.19. The number of benzene rings is 1. The molecule has 1 aliphatic rings. The second kappa shape index (κ2) is 8.12. The van der Waals surface area contributed by atoms with Gasteiger partial charge in [0.25, 0.3) is 5.91 Å². The number of carbonyl (C=O) groups is 2. The van der Waals surface area contributed by atoms with Crippen molar-refractivity contribution in [2.24, 2.45) is 0 Å². The average molecular weight is 354 g/mol. The Balaban J connectivity index is 1.60. The van der Waals surface area contributed by atoms with Crippen LogP contribution in [0.5, 0.6) is 0 Å². The van der Waals surface area contributed by atoms with Crippen LogP contribution in [0.2, 0.25) is 0 Å². The largest absolute Gasteiger partial charge is 0.337 e. The van der Waals surface area contributed by atoms with Gasteiger partial charge in [0, 0.05) is 32.3 Å². The zero-order valence-electron chi connectivity index (χ0n) is 14.4. The number of rotatable bonds is 3. The summed E-state index contributed by atoms with van der Waals surface area (Å²) in [5.41, 5.74) is 2.04. The molecule has 0 radical (unpaired) electrons. The molecule has 25 heavy (non-hydrogen) atoms. The summed E-state index contributed by atoms with van der Waals surface area (Å²) >= 11 is 1.49. The molecule has 1 fully saturated rings. The fourth-order valence-electron chi connectivity index (χ4n) is 2.91. The van der Waals surface area contributed by atoms with E-state index in [4.69, 9.17) is 0 Å². The Kier molecular flexibility index (Phi) is 5.66. The minimum atomic E-state index is 0.00505. The molecule has 1 aromatic heterocycles. The van der Waals surface area contributed by atoms with Gasteiger partial charge in [-0.25, -0.2) is 0 Å². The Morgan fingerprint density at radius 2 is 1.72 bits per heavy atom. The maximum atomic E-state index is 12.6. The van der Waals surface area contributed by atoms with E-state index in [-0.39, 0.29) is 11.8 Å². The molecule has 5 heteroatoms. The van der Waals surface area contributed by atoms with Crippen molar-refractivity contribution >= 4 is 29.2 Å². The van der Waals surface area contributed by atoms with Crippen LogP contribution in [0.1, 0.15) is 27.2 Å². The van der Waals surface area contributed by atoms with Crippen molar-refractivity contribution in [2.75, 3.05) is 26.2 Å². The van der Waals surface area contributed by atoms with Crippen molar-refractivity contribution < 1.29 is 9.59 Å². The zero-order chi connectivity index (χ0) is 17.6. The van der Waals surface area contributed by atoms with Gasteiger partial charge in [0.1, 0.15) is 0 Å². The van der Waals surface area contributed by atoms with Crippen LogP contribution in [0.4, 0.5) is 0 Å². The van der Waals surface area contributed by atoms with E-state index in [1.807, 2.05) is 64.6 Å². The smallest absolute Gasteiger partial charge is 0.264 e. The fourth-order valence-corrected chi connectivity index (χ4v) is 3.81. The molecule has 3 rings (SSSR count). The van der Waals surface area contributed by atoms with E-state index >= 15 is 0 Å². The lowest BCUT2D eigenvalue weighted by Gasteiger charge is -2.21. The predicted molar refractivity (Wildman–Crippen MR) is 102 cm³/mol. The minimum absolute atomic E-state index is 0.00505. The Hall–Kier alpha value is -2.40. The lowest BCUT2D eigenvalue weighted by molar-refractivity contribution is -0.125. The molecular formula is C20H22N2O2S. The molecule has 2 amide bonds. The molecule has 0 saturated carbocycles. The van der Waals surface area contributed by atoms with Gasteiger partial charge in [-0.05, 0) is 42.0 Å². The van der Waals surface area contributed by atoms with Crippen LogP contribution in [0.15, 0.2) is 47.9 Å². The highest BCUT2D eigenvalue weighted by atomic mass is 32.1. The Bertz CT molecular complexity index is 767. The summed E-state index contributed by atoms with van der Waals surface area (Å²) in [5, 5.41) is 1.95. The van der Waals surface area contributed by atoms with Crippen molar-refractivity contribution in [1.82, 2.24) is 9.80 Å². The first-order chi connectivity index (χ1) is 12.1. The average Bonchev–Trinajstić information content (AvgIpc) is 2.92. The Morgan fingerprint density at radius 1 is 1.00 bits per heavy atom. The summed E-state index contributed by atoms with van der Waals surface area (Å²) in [6, 6.07) is 11.8. The summed E-state index contributed by atoms with van der Waals surface area (Å²) < 4.78 is 0. The van der Waals surface area contributed by atoms with Gasteiger partial charge in [0.15, 0.2) is 0 Å². The van der Waals surface area contributed by atoms with Crippen molar-refractivity contribution in [3.8, 4) is 0 Å². The third-order valence-electron chi connectivity index (χ3n) is 4.37. The normalized spacial score (nSPS) is 15.4. The number of amides is 2. The molecule has 2 heterocycles. The van der Waals surface area contributed by atoms with Gasteiger partial charge in [-0.3, -0.25) is 9.59 Å². The quantitative estimate of drug-likeness (QED) is 0.792. The van der Waals surface area contributed by atoms with E-state index in [1.165, 1.54) is 11.3 Å². The number of nitrogens with zero attached hydrogens (tertiary/aromatic N) is 2. The summed E-state index contributed by atoms with van der Waals surface area (Å²) in [5.74, 6) is 0.0899. The predicted octanol–water partition coefficient (Wildman–Crippen LogP) is 3.44. The van der Waals surface area contributed by atoms with Crippen molar-refractivity contribution in [3.63, 3.8) is 0 Å². The van der Waals surface area contributed by atoms with E-state index in [2.05, 4.69) is 0 Å². The monoisotopic (exact) mass is 354 g/mol. The lowest BCUT2D eigenvalue weighted by atomic mass is 10.2. The van der Waals surface area contributed by atoms with E-state index in [1.54, 1.807) is 6.08 Å². The third-order valence-corrected chi connectivity index (χ3v) is 5.37. The standard InChI is InChI=1S/C20H22N2O2S/c1-16-10-15-25-19(16)20(24)22-12-5-11-21(13-14-22)18(23)9-8-17-6-3-2-4-7-17/h2-4,6-10,15H,5,11-14H2,1H3. The number of thiophene rings is 1. The molecule has 0 N–H and O–H groups in total. The minimum Gasteiger partial charge on any atom is -0.337 e. The van der Waals surface area contributed by atoms with E-state index < -0.39 is 0 Å². The van der Waals surface area contributed by atoms with Gasteiger partial charge in [0.2, 0.25) is 5.91 Å². The molecule has 1 aromatic carbocycles. The Labute approximate surface area is 152 Å². The molecule has 2 aromatic rings. The molecule has 0 bridgehead atoms. The number of carbonyl (C=O) groups excluding carboxylic acids is 2. The number of aryl methyl sites for hydroxylation is 1. The molecule has 0 spiro atoms. The van der Waals surface area contributed by atoms with Crippen LogP contribution in [0.3, 0.4) is 0 Å². The van der Waals surface area contributed by atoms with Crippen molar-refractivity contribution in [1.29, 1.82) is 0 Å². The van der Waals surface area contributed by atoms with Crippen molar-refractivity contribution in [3.05, 3.63) is 63.9 Å². The SMILES string of the molecule is Cc1ccsc1C(=O)N1CCCN(C(=O)C=Cc2ccccc2)CC1. The first kappa shape index (κ1) is 17.4. The van der Waals surface area contributed by atoms with Gasteiger partial charge >= 0.3 is 0 Å². The summed E-state index contributed by atoms with van der Waals surface area (Å²) in [6.07, 6.45) is 4.27. The van der Waals surface area contributed by atoms with Gasteiger partial charge in [-0.2, -0.15) is 0 Å². The van der Waals surface area contributed by atoms with Crippen LogP contribution in [0.25, 0.3) is 6.08 Å². The highest BCUT2D eigenvalue weighted by molar-refractivity contribution is 7.12. The van der Waals surface area contributed by atoms with E-state index in [0.717, 1.165) is 22.4 Å². The van der Waals surface area contributed by atoms with Gasteiger partial charge in [-0.1, -0.05) is 30.3 Å². The van der Waals surface area contributed by atoms with Gasteiger partial charge < -0.3 is 9.80 Å². The van der Waals surface area contributed by atoms with Crippen LogP contribution < -0.4 is 0 Å². The second-order valence-corrected chi connectivity index (χ2v) is 7.06. The van der Waals surface area contributed by atoms with Gasteiger partial charge in [-0.15, -0.1) is 11.3 Å². The van der Waals surface area contributed by atoms with Crippen LogP contribution >= 0.6 is 11.3 Å². The fraction of sp³-hybridized carbons (Fsp3) is 0.300. The summed E-state index contributed by atoms with van der Waals surface area (Å²) in [7, 11) is 0. The van der Waals surface area contributed by atoms with Crippen LogP contribution in [-0.2, 0) is 4.79 Å². The summed E-state index contributed by atoms with van der Waals surface area (Å²) in [6.45, 7) is 4.51. The molecule has 1 aliphatic heterocycles. The lowest BCUT2D eigenvalue weighted by Crippen LogP contribution is -2.36. The molecule has 1 saturated heterocycles. The molecular weight excluding hydrogens is 332 g/mol. The maximum Gasteiger partial charge on any atom is 0.264 e. The third kappa shape index (κ3) is 4.37. The Morgan fingerprint density at radius 3 is 2.44 bits per heavy atom. The summed E-state index contributed by atoms with van der Waals surface area (Å²) in [4.78, 5) is 29.6. The molecule has 0 aliphatic carbocycles. The van der Waals surface area contributed by atoms with E-state index in [9.17, 15) is 9.59 Å².